The highest BCUT2D eigenvalue weighted by molar-refractivity contribution is 6.30. The molecular formula is C21H20ClNO3. The number of nitrogens with zero attached hydrogens (tertiary/aromatic N) is 1. The van der Waals surface area contributed by atoms with E-state index in [1.807, 2.05) is 18.2 Å². The average Bonchev–Trinajstić information content (AvgIpc) is 2.93. The van der Waals surface area contributed by atoms with Gasteiger partial charge in [0.1, 0.15) is 18.2 Å². The Labute approximate surface area is 158 Å². The Kier molecular flexibility index (Phi) is 4.47. The van der Waals surface area contributed by atoms with Gasteiger partial charge in [0.15, 0.2) is 5.76 Å². The summed E-state index contributed by atoms with van der Waals surface area (Å²) in [5, 5.41) is 0.658. The molecule has 0 atom stereocenters. The van der Waals surface area contributed by atoms with E-state index >= 15 is 0 Å². The number of hydrogen-bond donors (Lipinski definition) is 0. The van der Waals surface area contributed by atoms with Crippen LogP contribution in [0.3, 0.4) is 0 Å². The predicted molar refractivity (Wildman–Crippen MR) is 102 cm³/mol. The molecule has 4 rings (SSSR count). The van der Waals surface area contributed by atoms with Gasteiger partial charge in [-0.3, -0.25) is 9.69 Å². The van der Waals surface area contributed by atoms with E-state index in [4.69, 9.17) is 21.1 Å². The number of carbonyl (C=O) groups excluding carboxylic acids is 1. The number of Topliss-reactive ketones (excluding diaryl/α,β-unsaturated/α-hetero) is 1. The standard InChI is InChI=1S/C21H20ClNO3/c1-13(2)10-23-11-17-18(25-12-23)8-7-16-20(24)19(26-21(16)17)9-14-3-5-15(22)6-4-14/h3-9,13H,10-12H2,1-2H3/b19-9-. The molecule has 4 nitrogen and oxygen atoms in total. The lowest BCUT2D eigenvalue weighted by atomic mass is 10.0. The third kappa shape index (κ3) is 3.22. The molecule has 26 heavy (non-hydrogen) atoms. The number of allylic oxidation sites excluding steroid dienone is 1. The normalized spacial score (nSPS) is 17.8. The highest BCUT2D eigenvalue weighted by Crippen LogP contribution is 2.42. The number of carbonyl (C=O) groups is 1. The third-order valence-electron chi connectivity index (χ3n) is 4.47. The Hall–Kier alpha value is -2.30. The van der Waals surface area contributed by atoms with Crippen molar-refractivity contribution in [3.05, 3.63) is 63.9 Å². The Morgan fingerprint density at radius 3 is 2.69 bits per heavy atom. The van der Waals surface area contributed by atoms with Crippen LogP contribution in [-0.2, 0) is 6.54 Å². The minimum absolute atomic E-state index is 0.0984. The van der Waals surface area contributed by atoms with Crippen molar-refractivity contribution in [1.82, 2.24) is 4.90 Å². The summed E-state index contributed by atoms with van der Waals surface area (Å²) < 4.78 is 11.8. The second kappa shape index (κ2) is 6.78. The maximum absolute atomic E-state index is 12.7. The Morgan fingerprint density at radius 1 is 1.19 bits per heavy atom. The molecule has 0 aliphatic carbocycles. The van der Waals surface area contributed by atoms with Crippen molar-refractivity contribution in [2.24, 2.45) is 5.92 Å². The predicted octanol–water partition coefficient (Wildman–Crippen LogP) is 4.76. The molecule has 0 saturated heterocycles. The third-order valence-corrected chi connectivity index (χ3v) is 4.73. The van der Waals surface area contributed by atoms with Gasteiger partial charge in [0.25, 0.3) is 0 Å². The second-order valence-electron chi connectivity index (χ2n) is 7.09. The zero-order valence-corrected chi connectivity index (χ0v) is 15.5. The summed E-state index contributed by atoms with van der Waals surface area (Å²) in [5.41, 5.74) is 2.42. The molecule has 0 radical (unpaired) electrons. The molecule has 2 aliphatic heterocycles. The SMILES string of the molecule is CC(C)CN1COc2ccc3c(c2C1)O/C(=C\c1ccc(Cl)cc1)C3=O. The number of benzene rings is 2. The van der Waals surface area contributed by atoms with Crippen molar-refractivity contribution in [3.63, 3.8) is 0 Å². The lowest BCUT2D eigenvalue weighted by Crippen LogP contribution is -2.34. The molecule has 134 valence electrons. The van der Waals surface area contributed by atoms with Gasteiger partial charge in [-0.15, -0.1) is 0 Å². The largest absolute Gasteiger partial charge is 0.478 e. The number of fused-ring (bicyclic) bond motifs is 3. The van der Waals surface area contributed by atoms with E-state index in [9.17, 15) is 4.79 Å². The van der Waals surface area contributed by atoms with E-state index in [1.165, 1.54) is 0 Å². The molecule has 0 saturated carbocycles. The molecule has 2 aliphatic rings. The van der Waals surface area contributed by atoms with Crippen LogP contribution in [0.25, 0.3) is 6.08 Å². The molecular weight excluding hydrogens is 350 g/mol. The van der Waals surface area contributed by atoms with Crippen LogP contribution in [0.4, 0.5) is 0 Å². The van der Waals surface area contributed by atoms with Gasteiger partial charge in [0.05, 0.1) is 11.1 Å². The number of rotatable bonds is 3. The van der Waals surface area contributed by atoms with E-state index in [0.717, 1.165) is 30.0 Å². The van der Waals surface area contributed by atoms with Crippen molar-refractivity contribution >= 4 is 23.5 Å². The van der Waals surface area contributed by atoms with Gasteiger partial charge >= 0.3 is 0 Å². The van der Waals surface area contributed by atoms with Crippen molar-refractivity contribution in [2.75, 3.05) is 13.3 Å². The molecule has 0 aromatic heterocycles. The van der Waals surface area contributed by atoms with Gasteiger partial charge in [0.2, 0.25) is 5.78 Å². The zero-order chi connectivity index (χ0) is 18.3. The van der Waals surface area contributed by atoms with E-state index < -0.39 is 0 Å². The summed E-state index contributed by atoms with van der Waals surface area (Å²) in [6.45, 7) is 6.57. The van der Waals surface area contributed by atoms with Crippen LogP contribution >= 0.6 is 11.6 Å². The van der Waals surface area contributed by atoms with Crippen molar-refractivity contribution in [2.45, 2.75) is 20.4 Å². The van der Waals surface area contributed by atoms with Crippen molar-refractivity contribution < 1.29 is 14.3 Å². The van der Waals surface area contributed by atoms with Crippen molar-refractivity contribution in [3.8, 4) is 11.5 Å². The molecule has 2 aromatic rings. The summed E-state index contributed by atoms with van der Waals surface area (Å²) in [5.74, 6) is 2.20. The first kappa shape index (κ1) is 17.1. The molecule has 2 aromatic carbocycles. The Bertz CT molecular complexity index is 887. The maximum atomic E-state index is 12.7. The highest BCUT2D eigenvalue weighted by atomic mass is 35.5. The Morgan fingerprint density at radius 2 is 1.96 bits per heavy atom. The van der Waals surface area contributed by atoms with Crippen LogP contribution < -0.4 is 9.47 Å². The minimum Gasteiger partial charge on any atom is -0.478 e. The maximum Gasteiger partial charge on any atom is 0.231 e. The number of ether oxygens (including phenoxy) is 2. The molecule has 0 N–H and O–H groups in total. The lowest BCUT2D eigenvalue weighted by molar-refractivity contribution is 0.0832. The van der Waals surface area contributed by atoms with Crippen LogP contribution in [0.15, 0.2) is 42.2 Å². The van der Waals surface area contributed by atoms with Crippen LogP contribution in [0.5, 0.6) is 11.5 Å². The van der Waals surface area contributed by atoms with Crippen LogP contribution in [0, 0.1) is 5.92 Å². The van der Waals surface area contributed by atoms with Gasteiger partial charge in [-0.1, -0.05) is 37.6 Å². The van der Waals surface area contributed by atoms with Crippen molar-refractivity contribution in [1.29, 1.82) is 0 Å². The van der Waals surface area contributed by atoms with Gasteiger partial charge in [0, 0.05) is 18.1 Å². The topological polar surface area (TPSA) is 38.8 Å². The van der Waals surface area contributed by atoms with E-state index in [-0.39, 0.29) is 5.78 Å². The van der Waals surface area contributed by atoms with Gasteiger partial charge in [-0.2, -0.15) is 0 Å². The highest BCUT2D eigenvalue weighted by Gasteiger charge is 2.33. The first-order chi connectivity index (χ1) is 12.5. The fourth-order valence-corrected chi connectivity index (χ4v) is 3.47. The average molecular weight is 370 g/mol. The molecule has 0 amide bonds. The Balaban J connectivity index is 1.65. The molecule has 5 heteroatoms. The summed E-state index contributed by atoms with van der Waals surface area (Å²) >= 11 is 5.92. The fourth-order valence-electron chi connectivity index (χ4n) is 3.35. The number of ketones is 1. The summed E-state index contributed by atoms with van der Waals surface area (Å²) in [6.07, 6.45) is 1.75. The monoisotopic (exact) mass is 369 g/mol. The fraction of sp³-hybridized carbons (Fsp3) is 0.286. The second-order valence-corrected chi connectivity index (χ2v) is 7.53. The quantitative estimate of drug-likeness (QED) is 0.731. The van der Waals surface area contributed by atoms with Crippen LogP contribution in [0.1, 0.15) is 35.3 Å². The van der Waals surface area contributed by atoms with E-state index in [0.29, 0.717) is 34.7 Å². The van der Waals surface area contributed by atoms with Gasteiger partial charge < -0.3 is 9.47 Å². The summed E-state index contributed by atoms with van der Waals surface area (Å²) in [7, 11) is 0. The molecule has 0 fully saturated rings. The van der Waals surface area contributed by atoms with E-state index in [2.05, 4.69) is 18.7 Å². The lowest BCUT2D eigenvalue weighted by Gasteiger charge is -2.30. The van der Waals surface area contributed by atoms with Crippen LogP contribution in [0.2, 0.25) is 5.02 Å². The summed E-state index contributed by atoms with van der Waals surface area (Å²) in [6, 6.07) is 11.0. The van der Waals surface area contributed by atoms with Gasteiger partial charge in [-0.05, 0) is 41.8 Å². The zero-order valence-electron chi connectivity index (χ0n) is 14.8. The van der Waals surface area contributed by atoms with Gasteiger partial charge in [-0.25, -0.2) is 0 Å². The first-order valence-corrected chi connectivity index (χ1v) is 9.10. The number of hydrogen-bond acceptors (Lipinski definition) is 4. The molecule has 2 heterocycles. The molecule has 0 bridgehead atoms. The van der Waals surface area contributed by atoms with Crippen LogP contribution in [-0.4, -0.2) is 24.0 Å². The number of halogens is 1. The first-order valence-electron chi connectivity index (χ1n) is 8.72. The minimum atomic E-state index is -0.0984. The molecule has 0 spiro atoms. The summed E-state index contributed by atoms with van der Waals surface area (Å²) in [4.78, 5) is 15.0. The van der Waals surface area contributed by atoms with E-state index in [1.54, 1.807) is 24.3 Å². The molecule has 0 unspecified atom stereocenters. The smallest absolute Gasteiger partial charge is 0.231 e.